The molecule has 1 amide bonds. The molecule has 2 aromatic carbocycles. The zero-order valence-electron chi connectivity index (χ0n) is 19.5. The van der Waals surface area contributed by atoms with E-state index in [9.17, 15) is 4.79 Å². The number of anilines is 1. The quantitative estimate of drug-likeness (QED) is 0.383. The molecule has 0 bridgehead atoms. The fourth-order valence-corrected chi connectivity index (χ4v) is 5.66. The summed E-state index contributed by atoms with van der Waals surface area (Å²) in [6.45, 7) is 6.54. The maximum Gasteiger partial charge on any atom is 0.291 e. The summed E-state index contributed by atoms with van der Waals surface area (Å²) < 4.78 is 23.5. The Morgan fingerprint density at radius 3 is 2.48 bits per heavy atom. The topological polar surface area (TPSA) is 69.9 Å². The standard InChI is InChI=1S/C26H28BrNO5/c1-15-14-16-8-7-13-26(2,3)21(16)22(27)24(15)33-20-12-11-19(32-20)25(29)28-23-17(30-4)9-6-10-18(23)31-5/h6,9-12,14H,7-8,13H2,1-5H3,(H,28,29). The molecule has 0 atom stereocenters. The van der Waals surface area contributed by atoms with Crippen LogP contribution < -0.4 is 19.5 Å². The molecular weight excluding hydrogens is 486 g/mol. The van der Waals surface area contributed by atoms with Gasteiger partial charge >= 0.3 is 0 Å². The summed E-state index contributed by atoms with van der Waals surface area (Å²) in [5, 5.41) is 2.80. The lowest BCUT2D eigenvalue weighted by Crippen LogP contribution is -2.24. The first-order chi connectivity index (χ1) is 15.7. The van der Waals surface area contributed by atoms with Crippen molar-refractivity contribution in [3.8, 4) is 23.2 Å². The maximum absolute atomic E-state index is 12.8. The van der Waals surface area contributed by atoms with E-state index in [2.05, 4.69) is 41.2 Å². The Morgan fingerprint density at radius 2 is 1.82 bits per heavy atom. The Balaban J connectivity index is 1.59. The number of benzene rings is 2. The minimum Gasteiger partial charge on any atom is -0.494 e. The van der Waals surface area contributed by atoms with E-state index in [0.29, 0.717) is 22.9 Å². The van der Waals surface area contributed by atoms with Crippen molar-refractivity contribution >= 4 is 27.5 Å². The molecular formula is C26H28BrNO5. The lowest BCUT2D eigenvalue weighted by molar-refractivity contribution is 0.0991. The van der Waals surface area contributed by atoms with Crippen molar-refractivity contribution in [3.63, 3.8) is 0 Å². The minimum atomic E-state index is -0.435. The van der Waals surface area contributed by atoms with Gasteiger partial charge in [-0.25, -0.2) is 0 Å². The molecule has 3 aromatic rings. The fourth-order valence-electron chi connectivity index (χ4n) is 4.47. The van der Waals surface area contributed by atoms with Crippen LogP contribution in [0.3, 0.4) is 0 Å². The Labute approximate surface area is 202 Å². The van der Waals surface area contributed by atoms with Crippen LogP contribution in [0.5, 0.6) is 23.2 Å². The zero-order chi connectivity index (χ0) is 23.8. The number of aryl methyl sites for hydroxylation is 2. The highest BCUT2D eigenvalue weighted by molar-refractivity contribution is 9.10. The Kier molecular flexibility index (Phi) is 6.43. The third-order valence-corrected chi connectivity index (χ3v) is 6.84. The van der Waals surface area contributed by atoms with Gasteiger partial charge in [0.15, 0.2) is 5.76 Å². The molecule has 7 heteroatoms. The first kappa shape index (κ1) is 23.2. The van der Waals surface area contributed by atoms with Crippen LogP contribution in [0.4, 0.5) is 5.69 Å². The highest BCUT2D eigenvalue weighted by Gasteiger charge is 2.32. The van der Waals surface area contributed by atoms with Crippen LogP contribution in [0.1, 0.15) is 53.9 Å². The molecule has 174 valence electrons. The highest BCUT2D eigenvalue weighted by Crippen LogP contribution is 2.47. The Hall–Kier alpha value is -2.93. The number of rotatable bonds is 6. The number of hydrogen-bond donors (Lipinski definition) is 1. The number of hydrogen-bond acceptors (Lipinski definition) is 5. The van der Waals surface area contributed by atoms with Gasteiger partial charge in [-0.3, -0.25) is 4.79 Å². The second-order valence-corrected chi connectivity index (χ2v) is 9.61. The summed E-state index contributed by atoms with van der Waals surface area (Å²) in [6, 6.07) is 10.7. The van der Waals surface area contributed by atoms with Crippen LogP contribution in [0, 0.1) is 6.92 Å². The number of ether oxygens (including phenoxy) is 3. The van der Waals surface area contributed by atoms with Gasteiger partial charge in [0.2, 0.25) is 0 Å². The molecule has 33 heavy (non-hydrogen) atoms. The second-order valence-electron chi connectivity index (χ2n) is 8.82. The van der Waals surface area contributed by atoms with Gasteiger partial charge in [-0.2, -0.15) is 0 Å². The Bertz CT molecular complexity index is 1180. The van der Waals surface area contributed by atoms with E-state index in [1.807, 2.05) is 6.92 Å². The third kappa shape index (κ3) is 4.47. The van der Waals surface area contributed by atoms with Crippen molar-refractivity contribution < 1.29 is 23.4 Å². The molecule has 0 aliphatic heterocycles. The van der Waals surface area contributed by atoms with E-state index in [4.69, 9.17) is 18.6 Å². The molecule has 1 heterocycles. The molecule has 0 radical (unpaired) electrons. The van der Waals surface area contributed by atoms with E-state index in [0.717, 1.165) is 22.9 Å². The average Bonchev–Trinajstić information content (AvgIpc) is 3.25. The van der Waals surface area contributed by atoms with Crippen molar-refractivity contribution in [3.05, 3.63) is 63.3 Å². The lowest BCUT2D eigenvalue weighted by atomic mass is 9.72. The molecule has 0 spiro atoms. The van der Waals surface area contributed by atoms with Gasteiger partial charge in [0.25, 0.3) is 11.9 Å². The number of furan rings is 1. The zero-order valence-corrected chi connectivity index (χ0v) is 21.1. The highest BCUT2D eigenvalue weighted by atomic mass is 79.9. The normalized spacial score (nSPS) is 14.4. The predicted molar refractivity (Wildman–Crippen MR) is 131 cm³/mol. The number of methoxy groups -OCH3 is 2. The molecule has 1 N–H and O–H groups in total. The molecule has 1 aromatic heterocycles. The Morgan fingerprint density at radius 1 is 1.12 bits per heavy atom. The first-order valence-corrected chi connectivity index (χ1v) is 11.7. The van der Waals surface area contributed by atoms with Gasteiger partial charge in [0.1, 0.15) is 22.9 Å². The summed E-state index contributed by atoms with van der Waals surface area (Å²) in [7, 11) is 3.06. The van der Waals surface area contributed by atoms with Crippen LogP contribution in [0.25, 0.3) is 0 Å². The van der Waals surface area contributed by atoms with E-state index >= 15 is 0 Å². The molecule has 0 unspecified atom stereocenters. The van der Waals surface area contributed by atoms with Crippen LogP contribution in [-0.2, 0) is 11.8 Å². The smallest absolute Gasteiger partial charge is 0.291 e. The van der Waals surface area contributed by atoms with Crippen molar-refractivity contribution in [2.24, 2.45) is 0 Å². The van der Waals surface area contributed by atoms with E-state index in [1.54, 1.807) is 30.3 Å². The minimum absolute atomic E-state index is 0.0558. The van der Waals surface area contributed by atoms with E-state index < -0.39 is 5.91 Å². The van der Waals surface area contributed by atoms with E-state index in [-0.39, 0.29) is 17.1 Å². The molecule has 0 saturated carbocycles. The van der Waals surface area contributed by atoms with Crippen molar-refractivity contribution in [2.45, 2.75) is 45.4 Å². The molecule has 6 nitrogen and oxygen atoms in total. The number of fused-ring (bicyclic) bond motifs is 1. The summed E-state index contributed by atoms with van der Waals surface area (Å²) >= 11 is 3.79. The fraction of sp³-hybridized carbons (Fsp3) is 0.346. The number of para-hydroxylation sites is 1. The number of nitrogens with one attached hydrogen (secondary N) is 1. The number of halogens is 1. The van der Waals surface area contributed by atoms with Gasteiger partial charge in [0.05, 0.1) is 18.7 Å². The van der Waals surface area contributed by atoms with Crippen molar-refractivity contribution in [2.75, 3.05) is 19.5 Å². The monoisotopic (exact) mass is 513 g/mol. The number of carbonyl (C=O) groups is 1. The van der Waals surface area contributed by atoms with Gasteiger partial charge in [0, 0.05) is 6.07 Å². The number of amides is 1. The van der Waals surface area contributed by atoms with Crippen LogP contribution in [-0.4, -0.2) is 20.1 Å². The van der Waals surface area contributed by atoms with Gasteiger partial charge in [-0.15, -0.1) is 0 Å². The second kappa shape index (κ2) is 9.14. The molecule has 0 saturated heterocycles. The van der Waals surface area contributed by atoms with Crippen LogP contribution in [0.15, 0.2) is 45.3 Å². The van der Waals surface area contributed by atoms with Crippen LogP contribution in [0.2, 0.25) is 0 Å². The van der Waals surface area contributed by atoms with Crippen LogP contribution >= 0.6 is 15.9 Å². The third-order valence-electron chi connectivity index (χ3n) is 6.09. The van der Waals surface area contributed by atoms with Crippen molar-refractivity contribution in [1.82, 2.24) is 0 Å². The molecule has 1 aliphatic rings. The summed E-state index contributed by atoms with van der Waals surface area (Å²) in [5.41, 5.74) is 4.14. The average molecular weight is 514 g/mol. The predicted octanol–water partition coefficient (Wildman–Crippen LogP) is 7.03. The van der Waals surface area contributed by atoms with Gasteiger partial charge in [-0.1, -0.05) is 26.0 Å². The summed E-state index contributed by atoms with van der Waals surface area (Å²) in [4.78, 5) is 12.8. The van der Waals surface area contributed by atoms with Gasteiger partial charge in [-0.05, 0) is 82.4 Å². The molecule has 1 aliphatic carbocycles. The molecule has 4 rings (SSSR count). The van der Waals surface area contributed by atoms with E-state index in [1.165, 1.54) is 31.8 Å². The lowest BCUT2D eigenvalue weighted by Gasteiger charge is -2.34. The first-order valence-electron chi connectivity index (χ1n) is 10.9. The van der Waals surface area contributed by atoms with Gasteiger partial charge < -0.3 is 23.9 Å². The maximum atomic E-state index is 12.8. The molecule has 0 fully saturated rings. The summed E-state index contributed by atoms with van der Waals surface area (Å²) in [6.07, 6.45) is 3.37. The van der Waals surface area contributed by atoms with Crippen molar-refractivity contribution in [1.29, 1.82) is 0 Å². The largest absolute Gasteiger partial charge is 0.494 e. The SMILES string of the molecule is COc1cccc(OC)c1NC(=O)c1ccc(Oc2c(C)cc3c(c2Br)C(C)(C)CCC3)o1. The number of carbonyl (C=O) groups excluding carboxylic acids is 1. The summed E-state index contributed by atoms with van der Waals surface area (Å²) in [5.74, 6) is 1.60.